The highest BCUT2D eigenvalue weighted by Crippen LogP contribution is 2.24. The Hall–Kier alpha value is -0.880. The van der Waals surface area contributed by atoms with E-state index < -0.39 is 0 Å². The van der Waals surface area contributed by atoms with Crippen molar-refractivity contribution in [2.75, 3.05) is 11.9 Å². The molecular weight excluding hydrogens is 357 g/mol. The zero-order chi connectivity index (χ0) is 13.3. The van der Waals surface area contributed by atoms with Crippen molar-refractivity contribution in [1.29, 1.82) is 0 Å². The first kappa shape index (κ1) is 13.5. The van der Waals surface area contributed by atoms with Crippen LogP contribution in [0.5, 0.6) is 0 Å². The standard InChI is InChI=1S/C14H14INOS/c1-9-4-5-12(10(2)6-9)16(3)14(17)11-7-13(15)18-8-11/h4-8H,1-3H3. The number of thiophene rings is 1. The number of carbonyl (C=O) groups is 1. The van der Waals surface area contributed by atoms with Crippen LogP contribution in [0.3, 0.4) is 0 Å². The number of rotatable bonds is 2. The molecular formula is C14H14INOS. The Bertz CT molecular complexity index is 591. The molecule has 1 aromatic heterocycles. The molecule has 0 radical (unpaired) electrons. The normalized spacial score (nSPS) is 10.4. The van der Waals surface area contributed by atoms with Gasteiger partial charge in [0, 0.05) is 18.1 Å². The van der Waals surface area contributed by atoms with E-state index in [-0.39, 0.29) is 5.91 Å². The van der Waals surface area contributed by atoms with Gasteiger partial charge in [-0.05, 0) is 54.1 Å². The summed E-state index contributed by atoms with van der Waals surface area (Å²) in [4.78, 5) is 14.0. The third-order valence-electron chi connectivity index (χ3n) is 2.83. The Balaban J connectivity index is 2.31. The van der Waals surface area contributed by atoms with Gasteiger partial charge in [-0.25, -0.2) is 0 Å². The van der Waals surface area contributed by atoms with Crippen molar-refractivity contribution in [3.63, 3.8) is 0 Å². The van der Waals surface area contributed by atoms with Gasteiger partial charge >= 0.3 is 0 Å². The molecule has 0 atom stereocenters. The predicted octanol–water partition coefficient (Wildman–Crippen LogP) is 4.25. The number of anilines is 1. The maximum Gasteiger partial charge on any atom is 0.258 e. The minimum Gasteiger partial charge on any atom is -0.311 e. The lowest BCUT2D eigenvalue weighted by Gasteiger charge is -2.19. The number of hydrogen-bond donors (Lipinski definition) is 0. The molecule has 2 aromatic rings. The summed E-state index contributed by atoms with van der Waals surface area (Å²) >= 11 is 3.82. The fourth-order valence-corrected chi connectivity index (χ4v) is 3.23. The molecule has 0 bridgehead atoms. The monoisotopic (exact) mass is 371 g/mol. The van der Waals surface area contributed by atoms with E-state index >= 15 is 0 Å². The van der Waals surface area contributed by atoms with E-state index in [4.69, 9.17) is 0 Å². The summed E-state index contributed by atoms with van der Waals surface area (Å²) in [5.41, 5.74) is 4.05. The number of benzene rings is 1. The summed E-state index contributed by atoms with van der Waals surface area (Å²) in [5, 5.41) is 1.91. The molecule has 1 amide bonds. The summed E-state index contributed by atoms with van der Waals surface area (Å²) in [7, 11) is 1.82. The Labute approximate surface area is 125 Å². The van der Waals surface area contributed by atoms with Crippen LogP contribution in [0, 0.1) is 16.7 Å². The van der Waals surface area contributed by atoms with Crippen LogP contribution in [-0.4, -0.2) is 13.0 Å². The summed E-state index contributed by atoms with van der Waals surface area (Å²) in [6, 6.07) is 8.05. The molecule has 2 nitrogen and oxygen atoms in total. The Morgan fingerprint density at radius 2 is 2.00 bits per heavy atom. The Morgan fingerprint density at radius 1 is 1.28 bits per heavy atom. The van der Waals surface area contributed by atoms with Crippen LogP contribution < -0.4 is 4.90 Å². The molecule has 0 saturated heterocycles. The van der Waals surface area contributed by atoms with Crippen LogP contribution in [0.1, 0.15) is 21.5 Å². The molecule has 0 aliphatic heterocycles. The fourth-order valence-electron chi connectivity index (χ4n) is 1.91. The van der Waals surface area contributed by atoms with Crippen LogP contribution in [0.25, 0.3) is 0 Å². The maximum atomic E-state index is 12.3. The lowest BCUT2D eigenvalue weighted by molar-refractivity contribution is 0.0993. The number of aryl methyl sites for hydroxylation is 2. The maximum absolute atomic E-state index is 12.3. The molecule has 94 valence electrons. The minimum atomic E-state index is 0.0427. The van der Waals surface area contributed by atoms with Crippen LogP contribution in [-0.2, 0) is 0 Å². The Morgan fingerprint density at radius 3 is 2.56 bits per heavy atom. The van der Waals surface area contributed by atoms with Crippen molar-refractivity contribution in [2.45, 2.75) is 13.8 Å². The van der Waals surface area contributed by atoms with Gasteiger partial charge in [0.25, 0.3) is 5.91 Å². The van der Waals surface area contributed by atoms with Gasteiger partial charge < -0.3 is 4.90 Å². The van der Waals surface area contributed by atoms with Crippen molar-refractivity contribution in [3.05, 3.63) is 49.2 Å². The molecule has 0 saturated carbocycles. The van der Waals surface area contributed by atoms with Gasteiger partial charge in [-0.1, -0.05) is 17.7 Å². The van der Waals surface area contributed by atoms with Crippen molar-refractivity contribution in [3.8, 4) is 0 Å². The van der Waals surface area contributed by atoms with Crippen molar-refractivity contribution < 1.29 is 4.79 Å². The van der Waals surface area contributed by atoms with Crippen molar-refractivity contribution in [1.82, 2.24) is 0 Å². The summed E-state index contributed by atoms with van der Waals surface area (Å²) in [6.45, 7) is 4.09. The van der Waals surface area contributed by atoms with Gasteiger partial charge in [0.2, 0.25) is 0 Å². The van der Waals surface area contributed by atoms with Crippen LogP contribution in [0.2, 0.25) is 0 Å². The predicted molar refractivity (Wildman–Crippen MR) is 85.7 cm³/mol. The van der Waals surface area contributed by atoms with Gasteiger partial charge in [0.15, 0.2) is 0 Å². The van der Waals surface area contributed by atoms with E-state index in [1.165, 1.54) is 5.56 Å². The highest BCUT2D eigenvalue weighted by molar-refractivity contribution is 14.1. The molecule has 0 fully saturated rings. The average Bonchev–Trinajstić information content (AvgIpc) is 2.74. The first-order chi connectivity index (χ1) is 8.49. The molecule has 1 aromatic carbocycles. The molecule has 0 unspecified atom stereocenters. The molecule has 4 heteroatoms. The summed E-state index contributed by atoms with van der Waals surface area (Å²) in [6.07, 6.45) is 0. The largest absolute Gasteiger partial charge is 0.311 e. The lowest BCUT2D eigenvalue weighted by atomic mass is 10.1. The average molecular weight is 371 g/mol. The highest BCUT2D eigenvalue weighted by atomic mass is 127. The number of halogens is 1. The van der Waals surface area contributed by atoms with E-state index in [0.29, 0.717) is 0 Å². The summed E-state index contributed by atoms with van der Waals surface area (Å²) < 4.78 is 1.13. The number of amides is 1. The highest BCUT2D eigenvalue weighted by Gasteiger charge is 2.16. The van der Waals surface area contributed by atoms with Gasteiger partial charge in [-0.15, -0.1) is 11.3 Å². The van der Waals surface area contributed by atoms with Crippen molar-refractivity contribution in [2.24, 2.45) is 0 Å². The molecule has 0 aliphatic carbocycles. The first-order valence-corrected chi connectivity index (χ1v) is 7.54. The second-order valence-electron chi connectivity index (χ2n) is 4.29. The molecule has 18 heavy (non-hydrogen) atoms. The molecule has 0 spiro atoms. The third-order valence-corrected chi connectivity index (χ3v) is 4.62. The number of nitrogens with zero attached hydrogens (tertiary/aromatic N) is 1. The van der Waals surface area contributed by atoms with E-state index in [2.05, 4.69) is 35.6 Å². The fraction of sp³-hybridized carbons (Fsp3) is 0.214. The third kappa shape index (κ3) is 2.75. The van der Waals surface area contributed by atoms with Gasteiger partial charge in [-0.2, -0.15) is 0 Å². The molecule has 2 rings (SSSR count). The number of carbonyl (C=O) groups excluding carboxylic acids is 1. The van der Waals surface area contributed by atoms with Crippen molar-refractivity contribution >= 4 is 45.5 Å². The molecule has 0 N–H and O–H groups in total. The second-order valence-corrected chi connectivity index (χ2v) is 7.10. The topological polar surface area (TPSA) is 20.3 Å². The van der Waals surface area contributed by atoms with Crippen LogP contribution >= 0.6 is 33.9 Å². The quantitative estimate of drug-likeness (QED) is 0.723. The van der Waals surface area contributed by atoms with E-state index in [9.17, 15) is 4.79 Å². The van der Waals surface area contributed by atoms with Gasteiger partial charge in [-0.3, -0.25) is 4.79 Å². The lowest BCUT2D eigenvalue weighted by Crippen LogP contribution is -2.26. The molecule has 0 aliphatic rings. The van der Waals surface area contributed by atoms with Crippen LogP contribution in [0.4, 0.5) is 5.69 Å². The van der Waals surface area contributed by atoms with E-state index in [1.807, 2.05) is 37.6 Å². The SMILES string of the molecule is Cc1ccc(N(C)C(=O)c2csc(I)c2)c(C)c1. The second kappa shape index (κ2) is 5.40. The molecule has 1 heterocycles. The number of hydrogen-bond acceptors (Lipinski definition) is 2. The smallest absolute Gasteiger partial charge is 0.258 e. The van der Waals surface area contributed by atoms with Gasteiger partial charge in [0.1, 0.15) is 0 Å². The van der Waals surface area contributed by atoms with E-state index in [1.54, 1.807) is 16.2 Å². The Kier molecular flexibility index (Phi) is 4.07. The zero-order valence-corrected chi connectivity index (χ0v) is 13.5. The zero-order valence-electron chi connectivity index (χ0n) is 10.5. The summed E-state index contributed by atoms with van der Waals surface area (Å²) in [5.74, 6) is 0.0427. The first-order valence-electron chi connectivity index (χ1n) is 5.58. The minimum absolute atomic E-state index is 0.0427. The van der Waals surface area contributed by atoms with Crippen LogP contribution in [0.15, 0.2) is 29.6 Å². The van der Waals surface area contributed by atoms with E-state index in [0.717, 1.165) is 19.7 Å². The van der Waals surface area contributed by atoms with Gasteiger partial charge in [0.05, 0.1) is 8.45 Å².